The third kappa shape index (κ3) is 3.75. The van der Waals surface area contributed by atoms with Gasteiger partial charge in [-0.05, 0) is 44.4 Å². The first kappa shape index (κ1) is 21.9. The number of hydrogen-bond donors (Lipinski definition) is 2. The van der Waals surface area contributed by atoms with Gasteiger partial charge in [-0.1, -0.05) is 77.9 Å². The van der Waals surface area contributed by atoms with Crippen LogP contribution in [0.5, 0.6) is 0 Å². The Morgan fingerprint density at radius 1 is 0.882 bits per heavy atom. The van der Waals surface area contributed by atoms with Gasteiger partial charge in [0.15, 0.2) is 5.78 Å². The van der Waals surface area contributed by atoms with Crippen LogP contribution >= 0.6 is 0 Å². The lowest BCUT2D eigenvalue weighted by Crippen LogP contribution is -2.42. The van der Waals surface area contributed by atoms with Crippen molar-refractivity contribution in [2.45, 2.75) is 39.0 Å². The molecule has 3 aromatic carbocycles. The first-order valence-corrected chi connectivity index (χ1v) is 11.7. The fraction of sp³-hybridized carbons (Fsp3) is 0.200. The van der Waals surface area contributed by atoms with E-state index < -0.39 is 5.92 Å². The molecule has 5 rings (SSSR count). The standard InChI is InChI=1S/C30H28N2O2/c1-19-11-15-21(16-12-19)26-27-24(9-6-10-25(27)33)32(23-7-4-3-5-8-23)30(31)28(26)29(34)22-17-13-20(2)14-18-22/h3-5,7-8,11-18,26,31,34H,6,9-10H2,1-2H3/b29-28+,31-30?. The minimum atomic E-state index is -0.489. The summed E-state index contributed by atoms with van der Waals surface area (Å²) in [5.74, 6) is -0.142. The van der Waals surface area contributed by atoms with Crippen molar-refractivity contribution >= 4 is 23.1 Å². The molecule has 2 aliphatic rings. The first-order valence-electron chi connectivity index (χ1n) is 11.7. The van der Waals surface area contributed by atoms with Gasteiger partial charge in [-0.25, -0.2) is 0 Å². The highest BCUT2D eigenvalue weighted by molar-refractivity contribution is 6.19. The van der Waals surface area contributed by atoms with Crippen LogP contribution in [0, 0.1) is 19.3 Å². The Morgan fingerprint density at radius 3 is 2.15 bits per heavy atom. The molecule has 170 valence electrons. The quantitative estimate of drug-likeness (QED) is 0.430. The van der Waals surface area contributed by atoms with Gasteiger partial charge in [0.1, 0.15) is 11.6 Å². The summed E-state index contributed by atoms with van der Waals surface area (Å²) in [6.45, 7) is 4.03. The predicted molar refractivity (Wildman–Crippen MR) is 137 cm³/mol. The number of nitrogens with one attached hydrogen (secondary N) is 1. The molecule has 0 amide bonds. The van der Waals surface area contributed by atoms with Gasteiger partial charge in [-0.3, -0.25) is 15.1 Å². The van der Waals surface area contributed by atoms with Gasteiger partial charge in [0.2, 0.25) is 0 Å². The molecule has 1 unspecified atom stereocenters. The zero-order valence-electron chi connectivity index (χ0n) is 19.5. The molecule has 2 N–H and O–H groups in total. The Hall–Kier alpha value is -3.92. The maximum Gasteiger partial charge on any atom is 0.161 e. The van der Waals surface area contributed by atoms with Crippen LogP contribution < -0.4 is 4.90 Å². The molecule has 0 saturated carbocycles. The van der Waals surface area contributed by atoms with E-state index in [1.165, 1.54) is 0 Å². The maximum absolute atomic E-state index is 13.5. The minimum Gasteiger partial charge on any atom is -0.507 e. The molecule has 0 saturated heterocycles. The average molecular weight is 449 g/mol. The molecule has 1 aliphatic carbocycles. The van der Waals surface area contributed by atoms with Crippen molar-refractivity contribution in [1.29, 1.82) is 5.41 Å². The summed E-state index contributed by atoms with van der Waals surface area (Å²) >= 11 is 0. The van der Waals surface area contributed by atoms with Crippen molar-refractivity contribution in [3.05, 3.63) is 118 Å². The van der Waals surface area contributed by atoms with Crippen LogP contribution in [0.1, 0.15) is 47.4 Å². The second kappa shape index (κ2) is 8.79. The van der Waals surface area contributed by atoms with E-state index in [1.54, 1.807) is 0 Å². The second-order valence-electron chi connectivity index (χ2n) is 9.13. The number of aliphatic hydroxyl groups is 1. The Kier molecular flexibility index (Phi) is 5.66. The fourth-order valence-electron chi connectivity index (χ4n) is 5.01. The number of aliphatic hydroxyl groups excluding tert-OH is 1. The Morgan fingerprint density at radius 2 is 1.50 bits per heavy atom. The molecule has 34 heavy (non-hydrogen) atoms. The number of benzene rings is 3. The average Bonchev–Trinajstić information content (AvgIpc) is 2.85. The zero-order chi connectivity index (χ0) is 23.8. The smallest absolute Gasteiger partial charge is 0.161 e. The van der Waals surface area contributed by atoms with Crippen molar-refractivity contribution in [1.82, 2.24) is 0 Å². The van der Waals surface area contributed by atoms with Gasteiger partial charge in [0.05, 0.1) is 0 Å². The first-order chi connectivity index (χ1) is 16.5. The Labute approximate surface area is 200 Å². The van der Waals surface area contributed by atoms with E-state index >= 15 is 0 Å². The van der Waals surface area contributed by atoms with Crippen molar-refractivity contribution < 1.29 is 9.90 Å². The van der Waals surface area contributed by atoms with Gasteiger partial charge < -0.3 is 5.11 Å². The highest BCUT2D eigenvalue weighted by atomic mass is 16.3. The number of allylic oxidation sites excluding steroid dienone is 2. The lowest BCUT2D eigenvalue weighted by atomic mass is 9.73. The largest absolute Gasteiger partial charge is 0.507 e. The number of rotatable bonds is 3. The fourth-order valence-corrected chi connectivity index (χ4v) is 5.01. The van der Waals surface area contributed by atoms with Crippen molar-refractivity contribution in [3.8, 4) is 0 Å². The lowest BCUT2D eigenvalue weighted by molar-refractivity contribution is -0.116. The molecule has 0 radical (unpaired) electrons. The van der Waals surface area contributed by atoms with Crippen LogP contribution in [0.25, 0.3) is 5.76 Å². The Balaban J connectivity index is 1.82. The van der Waals surface area contributed by atoms with Crippen LogP contribution in [-0.2, 0) is 4.79 Å². The van der Waals surface area contributed by atoms with E-state index in [4.69, 9.17) is 0 Å². The number of carbonyl (C=O) groups excluding carboxylic acids is 1. The summed E-state index contributed by atoms with van der Waals surface area (Å²) in [6, 6.07) is 25.4. The maximum atomic E-state index is 13.5. The highest BCUT2D eigenvalue weighted by Gasteiger charge is 2.43. The summed E-state index contributed by atoms with van der Waals surface area (Å²) < 4.78 is 0. The van der Waals surface area contributed by atoms with Crippen LogP contribution in [0.3, 0.4) is 0 Å². The van der Waals surface area contributed by atoms with Gasteiger partial charge >= 0.3 is 0 Å². The monoisotopic (exact) mass is 448 g/mol. The summed E-state index contributed by atoms with van der Waals surface area (Å²) in [4.78, 5) is 15.3. The molecule has 0 spiro atoms. The summed E-state index contributed by atoms with van der Waals surface area (Å²) in [7, 11) is 0. The summed E-state index contributed by atoms with van der Waals surface area (Å²) in [5, 5.41) is 20.9. The van der Waals surface area contributed by atoms with Crippen LogP contribution in [0.15, 0.2) is 95.7 Å². The molecule has 0 aromatic heterocycles. The summed E-state index contributed by atoms with van der Waals surface area (Å²) in [6.07, 6.45) is 1.97. The number of Topliss-reactive ketones (excluding diaryl/α,β-unsaturated/α-hetero) is 1. The number of hydrogen-bond acceptors (Lipinski definition) is 3. The highest BCUT2D eigenvalue weighted by Crippen LogP contribution is 2.47. The van der Waals surface area contributed by atoms with Crippen LogP contribution in [-0.4, -0.2) is 16.7 Å². The third-order valence-corrected chi connectivity index (χ3v) is 6.76. The molecule has 3 aromatic rings. The normalized spacial score (nSPS) is 19.8. The van der Waals surface area contributed by atoms with Crippen molar-refractivity contribution in [2.24, 2.45) is 0 Å². The molecular formula is C30H28N2O2. The molecule has 1 atom stereocenters. The number of carbonyl (C=O) groups is 1. The van der Waals surface area contributed by atoms with Crippen molar-refractivity contribution in [2.75, 3.05) is 4.90 Å². The molecule has 4 heteroatoms. The summed E-state index contributed by atoms with van der Waals surface area (Å²) in [5.41, 5.74) is 6.63. The zero-order valence-corrected chi connectivity index (χ0v) is 19.5. The predicted octanol–water partition coefficient (Wildman–Crippen LogP) is 6.86. The third-order valence-electron chi connectivity index (χ3n) is 6.76. The molecule has 1 aliphatic heterocycles. The van der Waals surface area contributed by atoms with E-state index in [9.17, 15) is 15.3 Å². The minimum absolute atomic E-state index is 0.0430. The number of ketones is 1. The number of anilines is 1. The number of para-hydroxylation sites is 1. The lowest BCUT2D eigenvalue weighted by Gasteiger charge is -2.41. The van der Waals surface area contributed by atoms with E-state index in [1.807, 2.05) is 97.6 Å². The van der Waals surface area contributed by atoms with E-state index in [0.717, 1.165) is 40.9 Å². The van der Waals surface area contributed by atoms with Gasteiger partial charge in [0, 0.05) is 40.4 Å². The van der Waals surface area contributed by atoms with Crippen LogP contribution in [0.2, 0.25) is 0 Å². The van der Waals surface area contributed by atoms with Gasteiger partial charge in [-0.2, -0.15) is 0 Å². The molecule has 0 fully saturated rings. The van der Waals surface area contributed by atoms with E-state index in [-0.39, 0.29) is 17.4 Å². The van der Waals surface area contributed by atoms with Gasteiger partial charge in [-0.15, -0.1) is 0 Å². The van der Waals surface area contributed by atoms with Gasteiger partial charge in [0.25, 0.3) is 0 Å². The SMILES string of the molecule is Cc1ccc(/C(O)=C2\C(=N)N(c3ccccc3)C3=C(C(=O)CCC3)C2c2ccc(C)cc2)cc1. The molecule has 0 bridgehead atoms. The topological polar surface area (TPSA) is 64.4 Å². The second-order valence-corrected chi connectivity index (χ2v) is 9.13. The molecular weight excluding hydrogens is 420 g/mol. The molecule has 4 nitrogen and oxygen atoms in total. The van der Waals surface area contributed by atoms with Crippen molar-refractivity contribution in [3.63, 3.8) is 0 Å². The Bertz CT molecular complexity index is 1320. The number of aryl methyl sites for hydroxylation is 2. The molecule has 1 heterocycles. The van der Waals surface area contributed by atoms with Crippen LogP contribution in [0.4, 0.5) is 5.69 Å². The van der Waals surface area contributed by atoms with E-state index in [2.05, 4.69) is 0 Å². The van der Waals surface area contributed by atoms with E-state index in [0.29, 0.717) is 23.1 Å². The number of amidine groups is 1. The number of nitrogens with zero attached hydrogens (tertiary/aromatic N) is 1.